The fourth-order valence-corrected chi connectivity index (χ4v) is 3.04. The monoisotopic (exact) mass is 369 g/mol. The van der Waals surface area contributed by atoms with Crippen LogP contribution < -0.4 is 10.1 Å². The van der Waals surface area contributed by atoms with E-state index < -0.39 is 17.5 Å². The quantitative estimate of drug-likeness (QED) is 0.696. The summed E-state index contributed by atoms with van der Waals surface area (Å²) in [6, 6.07) is 10.2. The Labute approximate surface area is 154 Å². The molecule has 0 spiro atoms. The lowest BCUT2D eigenvalue weighted by Crippen LogP contribution is -2.15. The number of nitrogens with one attached hydrogen (secondary N) is 2. The number of aromatic amines is 1. The van der Waals surface area contributed by atoms with Crippen molar-refractivity contribution >= 4 is 11.6 Å². The summed E-state index contributed by atoms with van der Waals surface area (Å²) in [4.78, 5) is 12.6. The number of carbonyl (C=O) groups excluding carboxylic acids is 1. The van der Waals surface area contributed by atoms with Crippen molar-refractivity contribution in [2.45, 2.75) is 18.8 Å². The average molecular weight is 369 g/mol. The zero-order valence-electron chi connectivity index (χ0n) is 14.6. The maximum absolute atomic E-state index is 14.0. The van der Waals surface area contributed by atoms with Crippen molar-refractivity contribution < 1.29 is 18.3 Å². The van der Waals surface area contributed by atoms with Crippen LogP contribution in [0.2, 0.25) is 0 Å². The van der Waals surface area contributed by atoms with Crippen LogP contribution in [0.4, 0.5) is 14.5 Å². The van der Waals surface area contributed by atoms with Gasteiger partial charge in [0.25, 0.3) is 5.91 Å². The van der Waals surface area contributed by atoms with Crippen LogP contribution >= 0.6 is 0 Å². The molecule has 0 unspecified atom stereocenters. The lowest BCUT2D eigenvalue weighted by Gasteiger charge is -2.11. The highest BCUT2D eigenvalue weighted by Crippen LogP contribution is 2.46. The second kappa shape index (κ2) is 6.83. The van der Waals surface area contributed by atoms with E-state index in [0.717, 1.165) is 30.7 Å². The maximum Gasteiger partial charge on any atom is 0.258 e. The Balaban J connectivity index is 1.75. The Morgan fingerprint density at radius 2 is 2.00 bits per heavy atom. The minimum absolute atomic E-state index is 0.231. The third-order valence-corrected chi connectivity index (χ3v) is 4.56. The number of aromatic nitrogens is 2. The third kappa shape index (κ3) is 3.28. The zero-order valence-corrected chi connectivity index (χ0v) is 14.6. The number of carbonyl (C=O) groups is 1. The molecule has 1 fully saturated rings. The first kappa shape index (κ1) is 17.2. The van der Waals surface area contributed by atoms with Crippen molar-refractivity contribution in [3.05, 3.63) is 65.4 Å². The van der Waals surface area contributed by atoms with Gasteiger partial charge in [-0.3, -0.25) is 9.89 Å². The molecule has 0 bridgehead atoms. The number of nitrogens with zero attached hydrogens (tertiary/aromatic N) is 1. The Bertz CT molecular complexity index is 1010. The van der Waals surface area contributed by atoms with E-state index in [1.54, 1.807) is 13.2 Å². The van der Waals surface area contributed by atoms with E-state index in [1.165, 1.54) is 0 Å². The van der Waals surface area contributed by atoms with E-state index in [-0.39, 0.29) is 11.5 Å². The lowest BCUT2D eigenvalue weighted by molar-refractivity contribution is 0.102. The van der Waals surface area contributed by atoms with Crippen LogP contribution in [-0.4, -0.2) is 23.2 Å². The van der Waals surface area contributed by atoms with Crippen molar-refractivity contribution in [1.82, 2.24) is 10.2 Å². The Kier molecular flexibility index (Phi) is 4.35. The first-order chi connectivity index (χ1) is 13.1. The topological polar surface area (TPSA) is 67.0 Å². The molecule has 0 saturated heterocycles. The maximum atomic E-state index is 14.0. The molecule has 3 aromatic rings. The van der Waals surface area contributed by atoms with Crippen LogP contribution in [0.3, 0.4) is 0 Å². The summed E-state index contributed by atoms with van der Waals surface area (Å²) in [5, 5.41) is 10.1. The third-order valence-electron chi connectivity index (χ3n) is 4.56. The van der Waals surface area contributed by atoms with Gasteiger partial charge in [-0.2, -0.15) is 5.10 Å². The van der Waals surface area contributed by atoms with Gasteiger partial charge >= 0.3 is 0 Å². The smallest absolute Gasteiger partial charge is 0.258 e. The van der Waals surface area contributed by atoms with Crippen molar-refractivity contribution in [2.24, 2.45) is 0 Å². The zero-order chi connectivity index (χ0) is 19.0. The number of rotatable bonds is 5. The summed E-state index contributed by atoms with van der Waals surface area (Å²) in [6.45, 7) is 0. The molecule has 138 valence electrons. The number of anilines is 1. The minimum Gasteiger partial charge on any atom is -0.496 e. The van der Waals surface area contributed by atoms with Crippen molar-refractivity contribution in [3.63, 3.8) is 0 Å². The van der Waals surface area contributed by atoms with Crippen LogP contribution in [0, 0.1) is 11.6 Å². The summed E-state index contributed by atoms with van der Waals surface area (Å²) in [6.07, 6.45) is 1.97. The van der Waals surface area contributed by atoms with Crippen LogP contribution in [0.15, 0.2) is 42.5 Å². The SMILES string of the molecule is COc1ccccc1-c1n[nH]c(C2CC2)c1NC(=O)c1ccc(F)cc1F. The largest absolute Gasteiger partial charge is 0.496 e. The summed E-state index contributed by atoms with van der Waals surface area (Å²) in [5.41, 5.74) is 2.29. The van der Waals surface area contributed by atoms with E-state index in [2.05, 4.69) is 15.5 Å². The summed E-state index contributed by atoms with van der Waals surface area (Å²) in [5.74, 6) is -1.43. The van der Waals surface area contributed by atoms with Crippen LogP contribution in [0.1, 0.15) is 34.8 Å². The molecule has 2 N–H and O–H groups in total. The average Bonchev–Trinajstić information content (AvgIpc) is 3.42. The molecule has 1 amide bonds. The molecule has 0 atom stereocenters. The Morgan fingerprint density at radius 1 is 1.22 bits per heavy atom. The molecule has 1 aromatic heterocycles. The van der Waals surface area contributed by atoms with Gasteiger partial charge in [0.2, 0.25) is 0 Å². The fraction of sp³-hybridized carbons (Fsp3) is 0.200. The molecule has 27 heavy (non-hydrogen) atoms. The number of hydrogen-bond acceptors (Lipinski definition) is 3. The first-order valence-corrected chi connectivity index (χ1v) is 8.56. The lowest BCUT2D eigenvalue weighted by atomic mass is 10.1. The van der Waals surface area contributed by atoms with Crippen LogP contribution in [0.5, 0.6) is 5.75 Å². The molecule has 5 nitrogen and oxygen atoms in total. The fourth-order valence-electron chi connectivity index (χ4n) is 3.04. The van der Waals surface area contributed by atoms with Crippen molar-refractivity contribution in [3.8, 4) is 17.0 Å². The number of amides is 1. The van der Waals surface area contributed by atoms with Crippen LogP contribution in [-0.2, 0) is 0 Å². The molecule has 4 rings (SSSR count). The molecule has 1 aliphatic rings. The second-order valence-corrected chi connectivity index (χ2v) is 6.41. The molecular formula is C20H17F2N3O2. The molecular weight excluding hydrogens is 352 g/mol. The minimum atomic E-state index is -0.914. The molecule has 0 aliphatic heterocycles. The predicted molar refractivity (Wildman–Crippen MR) is 96.9 cm³/mol. The number of ether oxygens (including phenoxy) is 1. The van der Waals surface area contributed by atoms with Gasteiger partial charge in [0, 0.05) is 17.5 Å². The highest BCUT2D eigenvalue weighted by atomic mass is 19.1. The van der Waals surface area contributed by atoms with E-state index in [1.807, 2.05) is 18.2 Å². The highest BCUT2D eigenvalue weighted by Gasteiger charge is 2.32. The summed E-state index contributed by atoms with van der Waals surface area (Å²) in [7, 11) is 1.55. The number of H-pyrrole nitrogens is 1. The number of hydrogen-bond donors (Lipinski definition) is 2. The molecule has 2 aromatic carbocycles. The second-order valence-electron chi connectivity index (χ2n) is 6.41. The number of benzene rings is 2. The van der Waals surface area contributed by atoms with Gasteiger partial charge in [0.05, 0.1) is 24.1 Å². The standard InChI is InChI=1S/C20H17F2N3O2/c1-27-16-5-3-2-4-14(16)18-19(17(24-25-18)11-6-7-11)23-20(26)13-9-8-12(21)10-15(13)22/h2-5,8-11H,6-7H2,1H3,(H,23,26)(H,24,25). The number of halogens is 2. The van der Waals surface area contributed by atoms with E-state index in [0.29, 0.717) is 28.8 Å². The van der Waals surface area contributed by atoms with Gasteiger partial charge < -0.3 is 10.1 Å². The van der Waals surface area contributed by atoms with Crippen molar-refractivity contribution in [1.29, 1.82) is 0 Å². The Hall–Kier alpha value is -3.22. The molecule has 1 aliphatic carbocycles. The van der Waals surface area contributed by atoms with Gasteiger partial charge in [-0.25, -0.2) is 8.78 Å². The summed E-state index contributed by atoms with van der Waals surface area (Å²) < 4.78 is 32.5. The van der Waals surface area contributed by atoms with Gasteiger partial charge in [-0.1, -0.05) is 12.1 Å². The number of methoxy groups -OCH3 is 1. The predicted octanol–water partition coefficient (Wildman–Crippen LogP) is 4.49. The van der Waals surface area contributed by atoms with Crippen LogP contribution in [0.25, 0.3) is 11.3 Å². The van der Waals surface area contributed by atoms with Crippen molar-refractivity contribution in [2.75, 3.05) is 12.4 Å². The molecule has 1 saturated carbocycles. The van der Waals surface area contributed by atoms with Gasteiger partial charge in [0.15, 0.2) is 0 Å². The molecule has 0 radical (unpaired) electrons. The normalized spacial score (nSPS) is 13.4. The van der Waals surface area contributed by atoms with Gasteiger partial charge in [-0.05, 0) is 37.1 Å². The number of para-hydroxylation sites is 1. The Morgan fingerprint density at radius 3 is 2.70 bits per heavy atom. The molecule has 7 heteroatoms. The van der Waals surface area contributed by atoms with Gasteiger partial charge in [0.1, 0.15) is 23.1 Å². The molecule has 1 heterocycles. The highest BCUT2D eigenvalue weighted by molar-refractivity contribution is 6.06. The van der Waals surface area contributed by atoms with E-state index in [4.69, 9.17) is 4.74 Å². The van der Waals surface area contributed by atoms with E-state index in [9.17, 15) is 13.6 Å². The van der Waals surface area contributed by atoms with E-state index >= 15 is 0 Å². The first-order valence-electron chi connectivity index (χ1n) is 8.56. The van der Waals surface area contributed by atoms with Gasteiger partial charge in [-0.15, -0.1) is 0 Å². The summed E-state index contributed by atoms with van der Waals surface area (Å²) >= 11 is 0.